The maximum absolute atomic E-state index is 7.23. The van der Waals surface area contributed by atoms with E-state index in [0.29, 0.717) is 46.1 Å². The average Bonchev–Trinajstić information content (AvgIpc) is 3.36. The molecule has 0 bridgehead atoms. The summed E-state index contributed by atoms with van der Waals surface area (Å²) in [6, 6.07) is 60.5. The lowest BCUT2D eigenvalue weighted by Gasteiger charge is -2.48. The van der Waals surface area contributed by atoms with Crippen LogP contribution in [-0.4, -0.2) is 75.6 Å². The normalized spacial score (nSPS) is 24.4. The minimum absolute atomic E-state index is 0.184. The van der Waals surface area contributed by atoms with Crippen molar-refractivity contribution >= 4 is 0 Å². The highest BCUT2D eigenvalue weighted by Crippen LogP contribution is 2.35. The Morgan fingerprint density at radius 1 is 0.385 bits per heavy atom. The van der Waals surface area contributed by atoms with E-state index < -0.39 is 55.3 Å². The SMILES string of the molecule is CO[C@@H]1OC(COCc2ccccc2)[C@H](O[C@@H]2C[C@@H](OCc3ccccc3)[C@@H](OCc3ccccc3)C(COCc3ccccc3)O2)C(OCc2ccccc2)C1OCc1ccccc1. The van der Waals surface area contributed by atoms with Crippen LogP contribution in [0.5, 0.6) is 0 Å². The minimum Gasteiger partial charge on any atom is -0.374 e. The Kier molecular flexibility index (Phi) is 17.9. The maximum atomic E-state index is 7.23. The van der Waals surface area contributed by atoms with E-state index in [1.54, 1.807) is 7.11 Å². The Balaban J connectivity index is 1.10. The Hall–Kier alpha value is -5.08. The molecule has 0 aliphatic carbocycles. The molecular weight excluding hydrogens is 821 g/mol. The first-order valence-corrected chi connectivity index (χ1v) is 22.5. The highest BCUT2D eigenvalue weighted by molar-refractivity contribution is 5.18. The van der Waals surface area contributed by atoms with Gasteiger partial charge in [0, 0.05) is 13.5 Å². The molecular formula is C55H60O10. The molecule has 6 aromatic rings. The summed E-state index contributed by atoms with van der Waals surface area (Å²) in [7, 11) is 1.62. The predicted molar refractivity (Wildman–Crippen MR) is 246 cm³/mol. The van der Waals surface area contributed by atoms with Crippen molar-refractivity contribution in [2.75, 3.05) is 20.3 Å². The molecule has 9 atom stereocenters. The lowest BCUT2D eigenvalue weighted by molar-refractivity contribution is -0.355. The zero-order chi connectivity index (χ0) is 44.3. The highest BCUT2D eigenvalue weighted by atomic mass is 16.7. The van der Waals surface area contributed by atoms with E-state index >= 15 is 0 Å². The Morgan fingerprint density at radius 2 is 0.738 bits per heavy atom. The van der Waals surface area contributed by atoms with Crippen LogP contribution in [0.2, 0.25) is 0 Å². The van der Waals surface area contributed by atoms with E-state index in [2.05, 4.69) is 24.3 Å². The van der Waals surface area contributed by atoms with Crippen LogP contribution in [0.25, 0.3) is 0 Å². The summed E-state index contributed by atoms with van der Waals surface area (Å²) >= 11 is 0. The largest absolute Gasteiger partial charge is 0.374 e. The molecule has 6 aromatic carbocycles. The summed E-state index contributed by atoms with van der Waals surface area (Å²) in [6.07, 6.45) is -5.51. The van der Waals surface area contributed by atoms with E-state index in [-0.39, 0.29) is 13.2 Å². The topological polar surface area (TPSA) is 92.3 Å². The van der Waals surface area contributed by atoms with E-state index in [1.165, 1.54) is 0 Å². The van der Waals surface area contributed by atoms with Crippen molar-refractivity contribution in [1.82, 2.24) is 0 Å². The second-order valence-corrected chi connectivity index (χ2v) is 16.3. The molecule has 10 nitrogen and oxygen atoms in total. The van der Waals surface area contributed by atoms with Gasteiger partial charge in [-0.2, -0.15) is 0 Å². The van der Waals surface area contributed by atoms with Gasteiger partial charge >= 0.3 is 0 Å². The third-order valence-corrected chi connectivity index (χ3v) is 11.6. The van der Waals surface area contributed by atoms with E-state index in [9.17, 15) is 0 Å². The summed E-state index contributed by atoms with van der Waals surface area (Å²) < 4.78 is 67.1. The van der Waals surface area contributed by atoms with Crippen molar-refractivity contribution in [3.8, 4) is 0 Å². The second-order valence-electron chi connectivity index (χ2n) is 16.3. The Bertz CT molecular complexity index is 2190. The molecule has 2 aliphatic rings. The number of methoxy groups -OCH3 is 1. The van der Waals surface area contributed by atoms with Gasteiger partial charge in [-0.1, -0.05) is 182 Å². The van der Waals surface area contributed by atoms with Crippen molar-refractivity contribution in [3.05, 3.63) is 215 Å². The molecule has 2 aliphatic heterocycles. The lowest BCUT2D eigenvalue weighted by Crippen LogP contribution is -2.63. The van der Waals surface area contributed by atoms with Gasteiger partial charge in [-0.05, 0) is 33.4 Å². The first kappa shape index (κ1) is 46.4. The van der Waals surface area contributed by atoms with Crippen molar-refractivity contribution in [2.24, 2.45) is 0 Å². The third kappa shape index (κ3) is 14.0. The number of hydrogen-bond donors (Lipinski definition) is 0. The van der Waals surface area contributed by atoms with Crippen molar-refractivity contribution in [1.29, 1.82) is 0 Å². The van der Waals surface area contributed by atoms with Crippen molar-refractivity contribution < 1.29 is 47.4 Å². The van der Waals surface area contributed by atoms with Crippen LogP contribution in [0, 0.1) is 0 Å². The summed E-state index contributed by atoms with van der Waals surface area (Å²) in [5.74, 6) is 0. The zero-order valence-corrected chi connectivity index (χ0v) is 37.0. The number of benzene rings is 6. The van der Waals surface area contributed by atoms with Crippen LogP contribution >= 0.6 is 0 Å². The summed E-state index contributed by atoms with van der Waals surface area (Å²) in [4.78, 5) is 0. The fourth-order valence-electron chi connectivity index (χ4n) is 8.21. The molecule has 340 valence electrons. The molecule has 0 aromatic heterocycles. The van der Waals surface area contributed by atoms with Gasteiger partial charge in [0.15, 0.2) is 12.6 Å². The van der Waals surface area contributed by atoms with Crippen LogP contribution in [0.3, 0.4) is 0 Å². The first-order chi connectivity index (χ1) is 32.2. The Labute approximate surface area is 383 Å². The molecule has 65 heavy (non-hydrogen) atoms. The van der Waals surface area contributed by atoms with Crippen LogP contribution in [0.15, 0.2) is 182 Å². The van der Waals surface area contributed by atoms with Crippen LogP contribution in [-0.2, 0) is 87.0 Å². The molecule has 0 saturated carbocycles. The molecule has 0 radical (unpaired) electrons. The number of ether oxygens (including phenoxy) is 10. The predicted octanol–water partition coefficient (Wildman–Crippen LogP) is 9.63. The summed E-state index contributed by atoms with van der Waals surface area (Å²) in [5.41, 5.74) is 6.19. The van der Waals surface area contributed by atoms with E-state index in [0.717, 1.165) is 33.4 Å². The fraction of sp³-hybridized carbons (Fsp3) is 0.345. The van der Waals surface area contributed by atoms with Crippen molar-refractivity contribution in [3.63, 3.8) is 0 Å². The quantitative estimate of drug-likeness (QED) is 0.0620. The Morgan fingerprint density at radius 3 is 1.15 bits per heavy atom. The standard InChI is InChI=1S/C55H60O10/c1-56-55-54(62-38-46-30-18-7-19-31-46)53(61-37-45-28-16-6-17-29-45)52(49(64-55)40-58-34-42-22-10-3-11-23-42)65-50-32-47(59-35-43-24-12-4-13-25-43)51(60-36-44-26-14-5-15-27-44)48(63-50)39-57-33-41-20-8-2-9-21-41/h2-31,47-55H,32-40H2,1H3/t47-,48?,49?,50-,51-,52+,53?,54?,55-/m1/s1. The van der Waals surface area contributed by atoms with Gasteiger partial charge in [0.2, 0.25) is 0 Å². The molecule has 2 heterocycles. The number of rotatable bonds is 23. The highest BCUT2D eigenvalue weighted by Gasteiger charge is 2.51. The zero-order valence-electron chi connectivity index (χ0n) is 37.0. The van der Waals surface area contributed by atoms with E-state index in [1.807, 2.05) is 158 Å². The molecule has 10 heteroatoms. The van der Waals surface area contributed by atoms with Gasteiger partial charge in [-0.3, -0.25) is 0 Å². The third-order valence-electron chi connectivity index (χ3n) is 11.6. The molecule has 2 saturated heterocycles. The van der Waals surface area contributed by atoms with Crippen LogP contribution < -0.4 is 0 Å². The summed E-state index contributed by atoms with van der Waals surface area (Å²) in [5, 5.41) is 0. The molecule has 2 fully saturated rings. The average molecular weight is 881 g/mol. The van der Waals surface area contributed by atoms with Crippen LogP contribution in [0.4, 0.5) is 0 Å². The van der Waals surface area contributed by atoms with Gasteiger partial charge in [0.25, 0.3) is 0 Å². The molecule has 0 spiro atoms. The molecule has 0 amide bonds. The maximum Gasteiger partial charge on any atom is 0.186 e. The van der Waals surface area contributed by atoms with Crippen molar-refractivity contribution in [2.45, 2.75) is 101 Å². The van der Waals surface area contributed by atoms with Gasteiger partial charge < -0.3 is 47.4 Å². The van der Waals surface area contributed by atoms with Gasteiger partial charge in [-0.25, -0.2) is 0 Å². The van der Waals surface area contributed by atoms with E-state index in [4.69, 9.17) is 47.4 Å². The molecule has 8 rings (SSSR count). The lowest BCUT2D eigenvalue weighted by atomic mass is 9.97. The number of hydrogen-bond acceptors (Lipinski definition) is 10. The second kappa shape index (κ2) is 25.0. The van der Waals surface area contributed by atoms with Gasteiger partial charge in [0.1, 0.15) is 36.6 Å². The summed E-state index contributed by atoms with van der Waals surface area (Å²) in [6.45, 7) is 2.53. The molecule has 4 unspecified atom stereocenters. The van der Waals surface area contributed by atoms with Gasteiger partial charge in [0.05, 0.1) is 59.0 Å². The monoisotopic (exact) mass is 880 g/mol. The van der Waals surface area contributed by atoms with Crippen LogP contribution in [0.1, 0.15) is 39.8 Å². The molecule has 0 N–H and O–H groups in total. The van der Waals surface area contributed by atoms with Gasteiger partial charge in [-0.15, -0.1) is 0 Å². The first-order valence-electron chi connectivity index (χ1n) is 22.5. The smallest absolute Gasteiger partial charge is 0.186 e. The fourth-order valence-corrected chi connectivity index (χ4v) is 8.21. The minimum atomic E-state index is -0.797.